The molecule has 0 fully saturated rings. The van der Waals surface area contributed by atoms with Crippen LogP contribution in [0, 0.1) is 0 Å². The summed E-state index contributed by atoms with van der Waals surface area (Å²) in [5.74, 6) is 0. The maximum Gasteiger partial charge on any atom is 0.0390 e. The molecule has 0 unspecified atom stereocenters. The molecule has 0 amide bonds. The minimum absolute atomic E-state index is 0.875. The highest BCUT2D eigenvalue weighted by Gasteiger charge is 2.06. The maximum absolute atomic E-state index is 5.99. The van der Waals surface area contributed by atoms with Crippen molar-refractivity contribution in [2.75, 3.05) is 0 Å². The van der Waals surface area contributed by atoms with Gasteiger partial charge in [0.15, 0.2) is 0 Å². The largest absolute Gasteiger partial charge is 0.398 e. The minimum atomic E-state index is 0.875. The molecule has 2 N–H and O–H groups in total. The van der Waals surface area contributed by atoms with Crippen LogP contribution in [0.15, 0.2) is 42.0 Å². The summed E-state index contributed by atoms with van der Waals surface area (Å²) in [7, 11) is 0. The summed E-state index contributed by atoms with van der Waals surface area (Å²) in [6.45, 7) is 2.15. The molecule has 2 rings (SSSR count). The van der Waals surface area contributed by atoms with Crippen LogP contribution in [-0.4, -0.2) is 0 Å². The SMILES string of the molecule is C/C1=C/C=C(\N)c2ccccc2CC1. The average Bonchev–Trinajstić information content (AvgIpc) is 2.21. The molecule has 1 aromatic rings. The molecule has 0 atom stereocenters. The van der Waals surface area contributed by atoms with Crippen molar-refractivity contribution in [1.29, 1.82) is 0 Å². The van der Waals surface area contributed by atoms with Gasteiger partial charge in [-0.2, -0.15) is 0 Å². The van der Waals surface area contributed by atoms with E-state index in [1.165, 1.54) is 16.7 Å². The Morgan fingerprint density at radius 1 is 1.07 bits per heavy atom. The number of allylic oxidation sites excluding steroid dienone is 3. The molecule has 0 aromatic heterocycles. The lowest BCUT2D eigenvalue weighted by atomic mass is 9.96. The zero-order chi connectivity index (χ0) is 9.97. The quantitative estimate of drug-likeness (QED) is 0.660. The summed E-state index contributed by atoms with van der Waals surface area (Å²) in [5, 5.41) is 0. The van der Waals surface area contributed by atoms with E-state index in [1.54, 1.807) is 0 Å². The molecule has 72 valence electrons. The molecule has 0 heterocycles. The van der Waals surface area contributed by atoms with Gasteiger partial charge in [0.2, 0.25) is 0 Å². The van der Waals surface area contributed by atoms with Gasteiger partial charge in [-0.05, 0) is 31.4 Å². The summed E-state index contributed by atoms with van der Waals surface area (Å²) in [4.78, 5) is 0. The number of hydrogen-bond acceptors (Lipinski definition) is 1. The van der Waals surface area contributed by atoms with Crippen molar-refractivity contribution in [2.45, 2.75) is 19.8 Å². The Balaban J connectivity index is 2.50. The second-order valence-electron chi connectivity index (χ2n) is 3.79. The summed E-state index contributed by atoms with van der Waals surface area (Å²) >= 11 is 0. The van der Waals surface area contributed by atoms with Crippen molar-refractivity contribution in [3.63, 3.8) is 0 Å². The Kier molecular flexibility index (Phi) is 2.40. The van der Waals surface area contributed by atoms with E-state index < -0.39 is 0 Å². The smallest absolute Gasteiger partial charge is 0.0390 e. The second-order valence-corrected chi connectivity index (χ2v) is 3.79. The van der Waals surface area contributed by atoms with Gasteiger partial charge in [-0.1, -0.05) is 35.9 Å². The molecule has 1 aromatic carbocycles. The highest BCUT2D eigenvalue weighted by Crippen LogP contribution is 2.21. The first-order valence-corrected chi connectivity index (χ1v) is 4.98. The maximum atomic E-state index is 5.99. The monoisotopic (exact) mass is 185 g/mol. The molecule has 0 saturated carbocycles. The van der Waals surface area contributed by atoms with Crippen LogP contribution in [0.4, 0.5) is 0 Å². The Labute approximate surface area is 84.9 Å². The van der Waals surface area contributed by atoms with E-state index in [2.05, 4.69) is 31.2 Å². The van der Waals surface area contributed by atoms with Crippen LogP contribution in [0.2, 0.25) is 0 Å². The number of hydrogen-bond donors (Lipinski definition) is 1. The molecular formula is C13H15N. The normalized spacial score (nSPS) is 23.5. The lowest BCUT2D eigenvalue weighted by Crippen LogP contribution is -2.02. The van der Waals surface area contributed by atoms with Crippen LogP contribution in [0.3, 0.4) is 0 Å². The van der Waals surface area contributed by atoms with E-state index in [0.717, 1.165) is 18.5 Å². The molecule has 0 bridgehead atoms. The molecule has 1 aliphatic rings. The first-order chi connectivity index (χ1) is 6.77. The third-order valence-electron chi connectivity index (χ3n) is 2.66. The number of aryl methyl sites for hydroxylation is 1. The van der Waals surface area contributed by atoms with Crippen LogP contribution >= 0.6 is 0 Å². The van der Waals surface area contributed by atoms with E-state index >= 15 is 0 Å². The fraction of sp³-hybridized carbons (Fsp3) is 0.231. The van der Waals surface area contributed by atoms with Crippen molar-refractivity contribution in [3.8, 4) is 0 Å². The van der Waals surface area contributed by atoms with E-state index in [0.29, 0.717) is 0 Å². The van der Waals surface area contributed by atoms with Gasteiger partial charge in [-0.15, -0.1) is 0 Å². The molecule has 1 heteroatoms. The molecular weight excluding hydrogens is 170 g/mol. The molecule has 0 aliphatic heterocycles. The summed E-state index contributed by atoms with van der Waals surface area (Å²) in [6.07, 6.45) is 6.34. The minimum Gasteiger partial charge on any atom is -0.398 e. The predicted octanol–water partition coefficient (Wildman–Crippen LogP) is 2.88. The van der Waals surface area contributed by atoms with Gasteiger partial charge < -0.3 is 5.73 Å². The third-order valence-corrected chi connectivity index (χ3v) is 2.66. The second kappa shape index (κ2) is 3.70. The number of nitrogens with two attached hydrogens (primary N) is 1. The van der Waals surface area contributed by atoms with Crippen LogP contribution in [0.5, 0.6) is 0 Å². The van der Waals surface area contributed by atoms with Crippen LogP contribution in [0.25, 0.3) is 5.70 Å². The highest BCUT2D eigenvalue weighted by atomic mass is 14.6. The number of benzene rings is 1. The topological polar surface area (TPSA) is 26.0 Å². The zero-order valence-corrected chi connectivity index (χ0v) is 8.46. The van der Waals surface area contributed by atoms with Crippen molar-refractivity contribution >= 4 is 5.70 Å². The van der Waals surface area contributed by atoms with Crippen LogP contribution < -0.4 is 5.73 Å². The lowest BCUT2D eigenvalue weighted by molar-refractivity contribution is 0.933. The summed E-state index contributed by atoms with van der Waals surface area (Å²) < 4.78 is 0. The zero-order valence-electron chi connectivity index (χ0n) is 8.46. The van der Waals surface area contributed by atoms with Crippen molar-refractivity contribution in [1.82, 2.24) is 0 Å². The Hall–Kier alpha value is -1.50. The fourth-order valence-electron chi connectivity index (χ4n) is 1.76. The van der Waals surface area contributed by atoms with Gasteiger partial charge in [0.1, 0.15) is 0 Å². The van der Waals surface area contributed by atoms with Crippen molar-refractivity contribution in [3.05, 3.63) is 53.1 Å². The number of fused-ring (bicyclic) bond motifs is 1. The van der Waals surface area contributed by atoms with Gasteiger partial charge >= 0.3 is 0 Å². The van der Waals surface area contributed by atoms with Crippen molar-refractivity contribution in [2.24, 2.45) is 5.73 Å². The fourth-order valence-corrected chi connectivity index (χ4v) is 1.76. The van der Waals surface area contributed by atoms with Gasteiger partial charge in [-0.25, -0.2) is 0 Å². The summed E-state index contributed by atoms with van der Waals surface area (Å²) in [6, 6.07) is 8.37. The Bertz CT molecular complexity index is 399. The molecule has 0 spiro atoms. The van der Waals surface area contributed by atoms with Crippen LogP contribution in [0.1, 0.15) is 24.5 Å². The van der Waals surface area contributed by atoms with Crippen LogP contribution in [-0.2, 0) is 6.42 Å². The van der Waals surface area contributed by atoms with Crippen molar-refractivity contribution < 1.29 is 0 Å². The Morgan fingerprint density at radius 2 is 1.86 bits per heavy atom. The summed E-state index contributed by atoms with van der Waals surface area (Å²) in [5.41, 5.74) is 10.8. The van der Waals surface area contributed by atoms with Gasteiger partial charge in [0.25, 0.3) is 0 Å². The molecule has 0 saturated heterocycles. The van der Waals surface area contributed by atoms with E-state index in [4.69, 9.17) is 5.73 Å². The predicted molar refractivity (Wildman–Crippen MR) is 60.7 cm³/mol. The van der Waals surface area contributed by atoms with Gasteiger partial charge in [-0.3, -0.25) is 0 Å². The molecule has 1 nitrogen and oxygen atoms in total. The Morgan fingerprint density at radius 3 is 2.71 bits per heavy atom. The highest BCUT2D eigenvalue weighted by molar-refractivity contribution is 5.67. The molecule has 1 aliphatic carbocycles. The van der Waals surface area contributed by atoms with Gasteiger partial charge in [0, 0.05) is 11.3 Å². The van der Waals surface area contributed by atoms with E-state index in [-0.39, 0.29) is 0 Å². The van der Waals surface area contributed by atoms with E-state index in [1.807, 2.05) is 12.1 Å². The van der Waals surface area contributed by atoms with Gasteiger partial charge in [0.05, 0.1) is 0 Å². The molecule has 14 heavy (non-hydrogen) atoms. The lowest BCUT2D eigenvalue weighted by Gasteiger charge is -2.12. The third kappa shape index (κ3) is 1.72. The molecule has 0 radical (unpaired) electrons. The van der Waals surface area contributed by atoms with E-state index in [9.17, 15) is 0 Å². The standard InChI is InChI=1S/C13H15N/c1-10-6-8-11-4-2-3-5-12(11)13(14)9-7-10/h2-5,7,9H,6,8,14H2,1H3/b10-7-,13-9-. The number of rotatable bonds is 0. The first-order valence-electron chi connectivity index (χ1n) is 4.98. The average molecular weight is 185 g/mol. The first kappa shape index (κ1) is 9.07.